The molecular formula is C22H29N5O3. The van der Waals surface area contributed by atoms with E-state index in [1.807, 2.05) is 30.9 Å². The van der Waals surface area contributed by atoms with Gasteiger partial charge in [-0.3, -0.25) is 9.59 Å². The summed E-state index contributed by atoms with van der Waals surface area (Å²) in [4.78, 5) is 33.6. The summed E-state index contributed by atoms with van der Waals surface area (Å²) in [5.74, 6) is 1.90. The molecule has 0 unspecified atom stereocenters. The van der Waals surface area contributed by atoms with E-state index in [-0.39, 0.29) is 17.9 Å². The van der Waals surface area contributed by atoms with Crippen LogP contribution >= 0.6 is 0 Å². The second-order valence-electron chi connectivity index (χ2n) is 8.35. The number of nitrogens with one attached hydrogen (secondary N) is 1. The minimum absolute atomic E-state index is 0.112. The van der Waals surface area contributed by atoms with Crippen LogP contribution in [-0.2, 0) is 16.0 Å². The highest BCUT2D eigenvalue weighted by atomic mass is 16.5. The highest BCUT2D eigenvalue weighted by molar-refractivity contribution is 5.92. The second-order valence-corrected chi connectivity index (χ2v) is 8.35. The van der Waals surface area contributed by atoms with Crippen molar-refractivity contribution in [2.45, 2.75) is 52.5 Å². The zero-order chi connectivity index (χ0) is 21.3. The molecule has 2 amide bonds. The van der Waals surface area contributed by atoms with Gasteiger partial charge in [0.1, 0.15) is 5.76 Å². The molecule has 0 spiro atoms. The molecule has 0 aromatic carbocycles. The maximum atomic E-state index is 13.1. The average Bonchev–Trinajstić information content (AvgIpc) is 3.20. The third-order valence-corrected chi connectivity index (χ3v) is 6.26. The summed E-state index contributed by atoms with van der Waals surface area (Å²) in [5.41, 5.74) is 2.40. The smallest absolute Gasteiger partial charge is 0.227 e. The molecule has 1 N–H and O–H groups in total. The normalized spacial score (nSPS) is 21.3. The SMILES string of the molecule is CC(=O)Nc1cccnc1N1CCCC[C@@H]2CN(C(=O)Cc3c(C)noc3C)C[C@@H]21. The van der Waals surface area contributed by atoms with Gasteiger partial charge in [0.25, 0.3) is 0 Å². The van der Waals surface area contributed by atoms with Crippen LogP contribution in [0.25, 0.3) is 0 Å². The molecule has 2 atom stereocenters. The number of carbonyl (C=O) groups excluding carboxylic acids is 2. The van der Waals surface area contributed by atoms with Gasteiger partial charge in [0, 0.05) is 38.3 Å². The molecule has 160 valence electrons. The number of hydrogen-bond donors (Lipinski definition) is 1. The molecule has 0 aliphatic carbocycles. The summed E-state index contributed by atoms with van der Waals surface area (Å²) in [5, 5.41) is 6.87. The molecule has 4 heterocycles. The molecule has 2 aromatic rings. The Morgan fingerprint density at radius 2 is 2.10 bits per heavy atom. The molecule has 4 rings (SSSR count). The molecule has 2 saturated heterocycles. The molecular weight excluding hydrogens is 382 g/mol. The number of anilines is 2. The minimum Gasteiger partial charge on any atom is -0.361 e. The summed E-state index contributed by atoms with van der Waals surface area (Å²) in [6.45, 7) is 7.53. The molecule has 2 aromatic heterocycles. The molecule has 8 nitrogen and oxygen atoms in total. The van der Waals surface area contributed by atoms with Crippen molar-refractivity contribution in [3.63, 3.8) is 0 Å². The fourth-order valence-electron chi connectivity index (χ4n) is 4.74. The van der Waals surface area contributed by atoms with Gasteiger partial charge in [0.05, 0.1) is 23.8 Å². The topological polar surface area (TPSA) is 91.6 Å². The maximum Gasteiger partial charge on any atom is 0.227 e. The molecule has 30 heavy (non-hydrogen) atoms. The lowest BCUT2D eigenvalue weighted by molar-refractivity contribution is -0.129. The Hall–Kier alpha value is -2.90. The van der Waals surface area contributed by atoms with Gasteiger partial charge in [-0.05, 0) is 44.7 Å². The van der Waals surface area contributed by atoms with E-state index in [0.717, 1.165) is 55.1 Å². The van der Waals surface area contributed by atoms with Gasteiger partial charge < -0.3 is 19.6 Å². The van der Waals surface area contributed by atoms with Gasteiger partial charge in [-0.25, -0.2) is 4.98 Å². The van der Waals surface area contributed by atoms with Crippen molar-refractivity contribution in [3.05, 3.63) is 35.3 Å². The van der Waals surface area contributed by atoms with Gasteiger partial charge in [-0.15, -0.1) is 0 Å². The third-order valence-electron chi connectivity index (χ3n) is 6.26. The Morgan fingerprint density at radius 1 is 1.27 bits per heavy atom. The molecule has 0 radical (unpaired) electrons. The Labute approximate surface area is 176 Å². The first kappa shape index (κ1) is 20.4. The molecule has 0 saturated carbocycles. The van der Waals surface area contributed by atoms with Gasteiger partial charge in [-0.1, -0.05) is 11.6 Å². The summed E-state index contributed by atoms with van der Waals surface area (Å²) < 4.78 is 5.22. The number of carbonyl (C=O) groups is 2. The maximum absolute atomic E-state index is 13.1. The molecule has 2 fully saturated rings. The summed E-state index contributed by atoms with van der Waals surface area (Å²) in [6, 6.07) is 3.92. The quantitative estimate of drug-likeness (QED) is 0.832. The van der Waals surface area contributed by atoms with E-state index in [4.69, 9.17) is 4.52 Å². The highest BCUT2D eigenvalue weighted by Crippen LogP contribution is 2.35. The first-order valence-electron chi connectivity index (χ1n) is 10.6. The largest absolute Gasteiger partial charge is 0.361 e. The van der Waals surface area contributed by atoms with E-state index in [1.54, 1.807) is 6.20 Å². The molecule has 0 bridgehead atoms. The number of nitrogens with zero attached hydrogens (tertiary/aromatic N) is 4. The van der Waals surface area contributed by atoms with Gasteiger partial charge >= 0.3 is 0 Å². The van der Waals surface area contributed by atoms with Crippen molar-refractivity contribution in [3.8, 4) is 0 Å². The average molecular weight is 412 g/mol. The predicted octanol–water partition coefficient (Wildman–Crippen LogP) is 2.70. The van der Waals surface area contributed by atoms with Gasteiger partial charge in [-0.2, -0.15) is 0 Å². The first-order valence-corrected chi connectivity index (χ1v) is 10.6. The number of fused-ring (bicyclic) bond motifs is 1. The van der Waals surface area contributed by atoms with E-state index < -0.39 is 0 Å². The first-order chi connectivity index (χ1) is 14.4. The molecule has 2 aliphatic heterocycles. The van der Waals surface area contributed by atoms with Crippen LogP contribution < -0.4 is 10.2 Å². The van der Waals surface area contributed by atoms with E-state index in [9.17, 15) is 9.59 Å². The van der Waals surface area contributed by atoms with Crippen LogP contribution in [0.3, 0.4) is 0 Å². The van der Waals surface area contributed by atoms with Crippen LogP contribution in [-0.4, -0.2) is 52.5 Å². The molecule has 2 aliphatic rings. The van der Waals surface area contributed by atoms with Crippen molar-refractivity contribution in [1.82, 2.24) is 15.0 Å². The van der Waals surface area contributed by atoms with Crippen molar-refractivity contribution in [2.24, 2.45) is 5.92 Å². The third kappa shape index (κ3) is 4.04. The second kappa shape index (κ2) is 8.45. The standard InChI is InChI=1S/C22H29N5O3/c1-14-18(15(2)30-25-14)11-21(29)26-12-17-7-4-5-10-27(20(17)13-26)22-19(24-16(3)28)8-6-9-23-22/h6,8-9,17,20H,4-5,7,10-13H2,1-3H3,(H,24,28)/t17-,20+/m1/s1. The van der Waals surface area contributed by atoms with Crippen LogP contribution in [0.1, 0.15) is 43.2 Å². The lowest BCUT2D eigenvalue weighted by atomic mass is 9.98. The Morgan fingerprint density at radius 3 is 2.83 bits per heavy atom. The Balaban J connectivity index is 1.55. The van der Waals surface area contributed by atoms with E-state index >= 15 is 0 Å². The van der Waals surface area contributed by atoms with Crippen molar-refractivity contribution in [2.75, 3.05) is 29.9 Å². The van der Waals surface area contributed by atoms with Crippen molar-refractivity contribution in [1.29, 1.82) is 0 Å². The highest BCUT2D eigenvalue weighted by Gasteiger charge is 2.40. The number of pyridine rings is 1. The van der Waals surface area contributed by atoms with Crippen LogP contribution in [0.5, 0.6) is 0 Å². The van der Waals surface area contributed by atoms with E-state index in [1.165, 1.54) is 6.92 Å². The van der Waals surface area contributed by atoms with Crippen LogP contribution in [0.2, 0.25) is 0 Å². The van der Waals surface area contributed by atoms with Gasteiger partial charge in [0.2, 0.25) is 11.8 Å². The fourth-order valence-corrected chi connectivity index (χ4v) is 4.74. The number of amides is 2. The Kier molecular flexibility index (Phi) is 5.74. The van der Waals surface area contributed by atoms with Crippen molar-refractivity contribution >= 4 is 23.3 Å². The number of rotatable bonds is 4. The van der Waals surface area contributed by atoms with Crippen LogP contribution in [0, 0.1) is 19.8 Å². The lowest BCUT2D eigenvalue weighted by Crippen LogP contribution is -2.42. The number of likely N-dealkylation sites (tertiary alicyclic amines) is 1. The van der Waals surface area contributed by atoms with E-state index in [0.29, 0.717) is 24.6 Å². The zero-order valence-corrected chi connectivity index (χ0v) is 17.9. The predicted molar refractivity (Wildman–Crippen MR) is 113 cm³/mol. The number of hydrogen-bond acceptors (Lipinski definition) is 6. The monoisotopic (exact) mass is 411 g/mol. The summed E-state index contributed by atoms with van der Waals surface area (Å²) >= 11 is 0. The zero-order valence-electron chi connectivity index (χ0n) is 17.9. The summed E-state index contributed by atoms with van der Waals surface area (Å²) in [7, 11) is 0. The number of aryl methyl sites for hydroxylation is 2. The summed E-state index contributed by atoms with van der Waals surface area (Å²) in [6.07, 6.45) is 5.39. The minimum atomic E-state index is -0.113. The Bertz CT molecular complexity index is 921. The van der Waals surface area contributed by atoms with Gasteiger partial charge in [0.15, 0.2) is 5.82 Å². The lowest BCUT2D eigenvalue weighted by Gasteiger charge is -2.32. The van der Waals surface area contributed by atoms with Crippen molar-refractivity contribution < 1.29 is 14.1 Å². The number of aromatic nitrogens is 2. The fraction of sp³-hybridized carbons (Fsp3) is 0.545. The van der Waals surface area contributed by atoms with E-state index in [2.05, 4.69) is 20.4 Å². The van der Waals surface area contributed by atoms with Crippen LogP contribution in [0.15, 0.2) is 22.9 Å². The molecule has 8 heteroatoms. The van der Waals surface area contributed by atoms with Crippen LogP contribution in [0.4, 0.5) is 11.5 Å².